The topological polar surface area (TPSA) is 28.2 Å². The Kier molecular flexibility index (Phi) is 4.20. The average Bonchev–Trinajstić information content (AvgIpc) is 2.69. The summed E-state index contributed by atoms with van der Waals surface area (Å²) in [5.41, 5.74) is 0.897. The summed E-state index contributed by atoms with van der Waals surface area (Å²) < 4.78 is 1.13. The number of para-hydroxylation sites is 1. The summed E-state index contributed by atoms with van der Waals surface area (Å²) in [4.78, 5) is 6.67. The van der Waals surface area contributed by atoms with Crippen LogP contribution in [-0.2, 0) is 0 Å². The highest BCUT2D eigenvalue weighted by molar-refractivity contribution is 7.22. The third-order valence-electron chi connectivity index (χ3n) is 2.43. The van der Waals surface area contributed by atoms with Crippen LogP contribution in [0.1, 0.15) is 6.42 Å². The average molecular weight is 270 g/mol. The maximum absolute atomic E-state index is 6.08. The Morgan fingerprint density at radius 3 is 2.94 bits per heavy atom. The van der Waals surface area contributed by atoms with Gasteiger partial charge in [0.1, 0.15) is 5.52 Å². The molecule has 5 heteroatoms. The normalized spacial score (nSPS) is 11.3. The Labute approximate surface area is 110 Å². The molecule has 0 bridgehead atoms. The van der Waals surface area contributed by atoms with Gasteiger partial charge in [-0.3, -0.25) is 0 Å². The molecule has 0 saturated carbocycles. The lowest BCUT2D eigenvalue weighted by Gasteiger charge is -2.08. The molecule has 0 saturated heterocycles. The second-order valence-electron chi connectivity index (χ2n) is 4.19. The summed E-state index contributed by atoms with van der Waals surface area (Å²) in [7, 11) is 4.16. The largest absolute Gasteiger partial charge is 0.361 e. The zero-order valence-electron chi connectivity index (χ0n) is 10.0. The fourth-order valence-corrected chi connectivity index (χ4v) is 2.77. The van der Waals surface area contributed by atoms with Crippen molar-refractivity contribution in [3.8, 4) is 0 Å². The summed E-state index contributed by atoms with van der Waals surface area (Å²) in [6, 6.07) is 5.88. The summed E-state index contributed by atoms with van der Waals surface area (Å²) in [5.74, 6) is 0. The smallest absolute Gasteiger partial charge is 0.183 e. The molecule has 0 spiro atoms. The third-order valence-corrected chi connectivity index (χ3v) is 3.71. The number of fused-ring (bicyclic) bond motifs is 1. The summed E-state index contributed by atoms with van der Waals surface area (Å²) in [5, 5.41) is 5.01. The van der Waals surface area contributed by atoms with Crippen LogP contribution in [0.5, 0.6) is 0 Å². The number of thiazole rings is 1. The molecule has 17 heavy (non-hydrogen) atoms. The molecule has 0 fully saturated rings. The van der Waals surface area contributed by atoms with Crippen LogP contribution in [0.3, 0.4) is 0 Å². The molecule has 1 aromatic carbocycles. The van der Waals surface area contributed by atoms with Crippen molar-refractivity contribution < 1.29 is 0 Å². The minimum atomic E-state index is 0.722. The van der Waals surface area contributed by atoms with E-state index in [2.05, 4.69) is 29.3 Å². The molecule has 0 unspecified atom stereocenters. The van der Waals surface area contributed by atoms with Crippen molar-refractivity contribution in [2.75, 3.05) is 32.5 Å². The van der Waals surface area contributed by atoms with Crippen LogP contribution in [0.15, 0.2) is 18.2 Å². The lowest BCUT2D eigenvalue weighted by molar-refractivity contribution is 0.405. The highest BCUT2D eigenvalue weighted by atomic mass is 35.5. The molecule has 0 aliphatic heterocycles. The number of nitrogens with zero attached hydrogens (tertiary/aromatic N) is 2. The van der Waals surface area contributed by atoms with Crippen LogP contribution >= 0.6 is 22.9 Å². The van der Waals surface area contributed by atoms with Gasteiger partial charge in [0.25, 0.3) is 0 Å². The fourth-order valence-electron chi connectivity index (χ4n) is 1.58. The predicted octanol–water partition coefficient (Wildman–Crippen LogP) is 3.31. The number of hydrogen-bond donors (Lipinski definition) is 1. The molecule has 0 radical (unpaired) electrons. The molecule has 1 N–H and O–H groups in total. The zero-order valence-corrected chi connectivity index (χ0v) is 11.6. The lowest BCUT2D eigenvalue weighted by atomic mass is 10.3. The molecule has 2 rings (SSSR count). The predicted molar refractivity (Wildman–Crippen MR) is 76.3 cm³/mol. The molecular formula is C12H16ClN3S. The Bertz CT molecular complexity index is 495. The maximum Gasteiger partial charge on any atom is 0.183 e. The number of halogens is 1. The van der Waals surface area contributed by atoms with Crippen molar-refractivity contribution in [3.63, 3.8) is 0 Å². The molecule has 1 aromatic heterocycles. The van der Waals surface area contributed by atoms with Crippen molar-refractivity contribution in [2.45, 2.75) is 6.42 Å². The van der Waals surface area contributed by atoms with Crippen molar-refractivity contribution in [3.05, 3.63) is 23.2 Å². The quantitative estimate of drug-likeness (QED) is 0.844. The number of aromatic nitrogens is 1. The Morgan fingerprint density at radius 2 is 2.24 bits per heavy atom. The van der Waals surface area contributed by atoms with Crippen LogP contribution < -0.4 is 5.32 Å². The number of anilines is 1. The van der Waals surface area contributed by atoms with Crippen LogP contribution in [-0.4, -0.2) is 37.1 Å². The van der Waals surface area contributed by atoms with Gasteiger partial charge in [-0.2, -0.15) is 0 Å². The van der Waals surface area contributed by atoms with Gasteiger partial charge in [0.05, 0.1) is 9.72 Å². The minimum absolute atomic E-state index is 0.722. The SMILES string of the molecule is CN(C)CCCNc1nc2c(Cl)cccc2s1. The lowest BCUT2D eigenvalue weighted by Crippen LogP contribution is -2.16. The maximum atomic E-state index is 6.08. The van der Waals surface area contributed by atoms with Gasteiger partial charge in [-0.1, -0.05) is 29.0 Å². The van der Waals surface area contributed by atoms with E-state index in [0.717, 1.165) is 39.9 Å². The van der Waals surface area contributed by atoms with E-state index in [9.17, 15) is 0 Å². The van der Waals surface area contributed by atoms with Gasteiger partial charge in [0.2, 0.25) is 0 Å². The number of nitrogens with one attached hydrogen (secondary N) is 1. The Hall–Kier alpha value is -0.840. The fraction of sp³-hybridized carbons (Fsp3) is 0.417. The van der Waals surface area contributed by atoms with Crippen LogP contribution in [0.4, 0.5) is 5.13 Å². The van der Waals surface area contributed by atoms with Gasteiger partial charge in [0, 0.05) is 6.54 Å². The first-order chi connectivity index (χ1) is 8.16. The standard InChI is InChI=1S/C12H16ClN3S/c1-16(2)8-4-7-14-12-15-11-9(13)5-3-6-10(11)17-12/h3,5-6H,4,7-8H2,1-2H3,(H,14,15). The van der Waals surface area contributed by atoms with E-state index in [0.29, 0.717) is 0 Å². The molecule has 0 amide bonds. The molecule has 1 heterocycles. The molecule has 2 aromatic rings. The highest BCUT2D eigenvalue weighted by Crippen LogP contribution is 2.30. The molecule has 3 nitrogen and oxygen atoms in total. The summed E-state index contributed by atoms with van der Waals surface area (Å²) in [6.45, 7) is 2.02. The summed E-state index contributed by atoms with van der Waals surface area (Å²) in [6.07, 6.45) is 1.11. The molecule has 0 aliphatic carbocycles. The molecule has 92 valence electrons. The van der Waals surface area contributed by atoms with Gasteiger partial charge < -0.3 is 10.2 Å². The van der Waals surface area contributed by atoms with Gasteiger partial charge in [-0.05, 0) is 39.2 Å². The first kappa shape index (κ1) is 12.6. The first-order valence-corrected chi connectivity index (χ1v) is 6.80. The van der Waals surface area contributed by atoms with Gasteiger partial charge >= 0.3 is 0 Å². The van der Waals surface area contributed by atoms with Crippen molar-refractivity contribution in [1.29, 1.82) is 0 Å². The van der Waals surface area contributed by atoms with Gasteiger partial charge in [-0.15, -0.1) is 0 Å². The number of benzene rings is 1. The number of hydrogen-bond acceptors (Lipinski definition) is 4. The van der Waals surface area contributed by atoms with E-state index in [1.54, 1.807) is 11.3 Å². The second kappa shape index (κ2) is 5.67. The van der Waals surface area contributed by atoms with Crippen molar-refractivity contribution in [2.24, 2.45) is 0 Å². The Balaban J connectivity index is 1.98. The number of rotatable bonds is 5. The monoisotopic (exact) mass is 269 g/mol. The van der Waals surface area contributed by atoms with Crippen LogP contribution in [0.2, 0.25) is 5.02 Å². The van der Waals surface area contributed by atoms with E-state index in [4.69, 9.17) is 11.6 Å². The van der Waals surface area contributed by atoms with Gasteiger partial charge in [0.15, 0.2) is 5.13 Å². The van der Waals surface area contributed by atoms with E-state index >= 15 is 0 Å². The van der Waals surface area contributed by atoms with E-state index in [1.807, 2.05) is 18.2 Å². The zero-order chi connectivity index (χ0) is 12.3. The Morgan fingerprint density at radius 1 is 1.41 bits per heavy atom. The third kappa shape index (κ3) is 3.31. The highest BCUT2D eigenvalue weighted by Gasteiger charge is 2.05. The molecule has 0 atom stereocenters. The van der Waals surface area contributed by atoms with E-state index < -0.39 is 0 Å². The second-order valence-corrected chi connectivity index (χ2v) is 5.63. The van der Waals surface area contributed by atoms with Gasteiger partial charge in [-0.25, -0.2) is 4.98 Å². The van der Waals surface area contributed by atoms with Crippen LogP contribution in [0.25, 0.3) is 10.2 Å². The van der Waals surface area contributed by atoms with Crippen LogP contribution in [0, 0.1) is 0 Å². The summed E-state index contributed by atoms with van der Waals surface area (Å²) >= 11 is 7.73. The molecule has 0 aliphatic rings. The van der Waals surface area contributed by atoms with E-state index in [1.165, 1.54) is 0 Å². The first-order valence-electron chi connectivity index (χ1n) is 5.60. The van der Waals surface area contributed by atoms with Crippen molar-refractivity contribution in [1.82, 2.24) is 9.88 Å². The van der Waals surface area contributed by atoms with E-state index in [-0.39, 0.29) is 0 Å². The minimum Gasteiger partial charge on any atom is -0.361 e. The molecular weight excluding hydrogens is 254 g/mol. The van der Waals surface area contributed by atoms with Crippen molar-refractivity contribution >= 4 is 38.3 Å².